The van der Waals surface area contributed by atoms with E-state index in [1.54, 1.807) is 0 Å². The SMILES string of the molecule is CCNC(=NCCN(C(C)C)C(C)C)NCCc1cccs1.I. The molecule has 0 aliphatic carbocycles. The molecule has 1 aromatic rings. The second-order valence-corrected chi connectivity index (χ2v) is 6.97. The zero-order valence-electron chi connectivity index (χ0n) is 15.1. The minimum Gasteiger partial charge on any atom is -0.357 e. The maximum atomic E-state index is 4.69. The van der Waals surface area contributed by atoms with E-state index in [-0.39, 0.29) is 24.0 Å². The zero-order chi connectivity index (χ0) is 16.4. The van der Waals surface area contributed by atoms with E-state index >= 15 is 0 Å². The Kier molecular flexibility index (Phi) is 12.8. The van der Waals surface area contributed by atoms with Gasteiger partial charge in [-0.15, -0.1) is 35.3 Å². The second-order valence-electron chi connectivity index (χ2n) is 5.94. The number of aliphatic imine (C=N–C) groups is 1. The largest absolute Gasteiger partial charge is 0.357 e. The van der Waals surface area contributed by atoms with Crippen LogP contribution in [-0.2, 0) is 6.42 Å². The third-order valence-corrected chi connectivity index (χ3v) is 4.48. The number of hydrogen-bond acceptors (Lipinski definition) is 3. The molecule has 0 aliphatic rings. The fourth-order valence-electron chi connectivity index (χ4n) is 2.49. The van der Waals surface area contributed by atoms with Gasteiger partial charge in [-0.05, 0) is 52.5 Å². The molecule has 0 radical (unpaired) electrons. The topological polar surface area (TPSA) is 39.7 Å². The van der Waals surface area contributed by atoms with Crippen LogP contribution >= 0.6 is 35.3 Å². The van der Waals surface area contributed by atoms with Crippen molar-refractivity contribution in [3.63, 3.8) is 0 Å². The van der Waals surface area contributed by atoms with E-state index in [1.165, 1.54) is 4.88 Å². The predicted molar refractivity (Wildman–Crippen MR) is 114 cm³/mol. The Morgan fingerprint density at radius 2 is 1.91 bits per heavy atom. The summed E-state index contributed by atoms with van der Waals surface area (Å²) in [6.45, 7) is 14.7. The summed E-state index contributed by atoms with van der Waals surface area (Å²) in [6.07, 6.45) is 1.05. The molecule has 23 heavy (non-hydrogen) atoms. The van der Waals surface area contributed by atoms with Crippen molar-refractivity contribution in [3.8, 4) is 0 Å². The molecule has 4 nitrogen and oxygen atoms in total. The monoisotopic (exact) mass is 452 g/mol. The number of nitrogens with one attached hydrogen (secondary N) is 2. The molecule has 1 heterocycles. The summed E-state index contributed by atoms with van der Waals surface area (Å²) in [7, 11) is 0. The van der Waals surface area contributed by atoms with Crippen molar-refractivity contribution in [3.05, 3.63) is 22.4 Å². The van der Waals surface area contributed by atoms with Gasteiger partial charge in [0.25, 0.3) is 0 Å². The Hall–Kier alpha value is -0.340. The minimum atomic E-state index is 0. The Labute approximate surface area is 163 Å². The molecule has 6 heteroatoms. The first-order valence-electron chi connectivity index (χ1n) is 8.34. The number of nitrogens with zero attached hydrogens (tertiary/aromatic N) is 2. The molecule has 0 unspecified atom stereocenters. The van der Waals surface area contributed by atoms with Gasteiger partial charge in [-0.25, -0.2) is 0 Å². The van der Waals surface area contributed by atoms with Crippen molar-refractivity contribution < 1.29 is 0 Å². The van der Waals surface area contributed by atoms with Crippen LogP contribution in [0, 0.1) is 0 Å². The van der Waals surface area contributed by atoms with Gasteiger partial charge in [0, 0.05) is 36.6 Å². The molecule has 0 spiro atoms. The second kappa shape index (κ2) is 13.0. The smallest absolute Gasteiger partial charge is 0.191 e. The number of guanidine groups is 1. The van der Waals surface area contributed by atoms with Crippen molar-refractivity contribution in [1.82, 2.24) is 15.5 Å². The van der Waals surface area contributed by atoms with Crippen LogP contribution in [0.3, 0.4) is 0 Å². The van der Waals surface area contributed by atoms with Crippen LogP contribution < -0.4 is 10.6 Å². The fourth-order valence-corrected chi connectivity index (χ4v) is 3.20. The highest BCUT2D eigenvalue weighted by Gasteiger charge is 2.12. The molecular weight excluding hydrogens is 419 g/mol. The van der Waals surface area contributed by atoms with Gasteiger partial charge in [0.2, 0.25) is 0 Å². The molecule has 0 aliphatic heterocycles. The molecule has 0 atom stereocenters. The quantitative estimate of drug-likeness (QED) is 0.342. The summed E-state index contributed by atoms with van der Waals surface area (Å²) < 4.78 is 0. The van der Waals surface area contributed by atoms with Gasteiger partial charge < -0.3 is 10.6 Å². The van der Waals surface area contributed by atoms with E-state index in [4.69, 9.17) is 4.99 Å². The van der Waals surface area contributed by atoms with Crippen LogP contribution in [0.25, 0.3) is 0 Å². The molecule has 1 aromatic heterocycles. The molecule has 1 rings (SSSR count). The lowest BCUT2D eigenvalue weighted by atomic mass is 10.2. The van der Waals surface area contributed by atoms with Crippen LogP contribution in [0.4, 0.5) is 0 Å². The van der Waals surface area contributed by atoms with Crippen molar-refractivity contribution in [1.29, 1.82) is 0 Å². The third kappa shape index (κ3) is 9.52. The number of halogens is 1. The van der Waals surface area contributed by atoms with Crippen LogP contribution in [-0.4, -0.2) is 49.1 Å². The van der Waals surface area contributed by atoms with Gasteiger partial charge in [0.1, 0.15) is 0 Å². The van der Waals surface area contributed by atoms with Gasteiger partial charge in [0.05, 0.1) is 6.54 Å². The molecule has 0 saturated carbocycles. The maximum absolute atomic E-state index is 4.69. The number of rotatable bonds is 9. The lowest BCUT2D eigenvalue weighted by molar-refractivity contribution is 0.181. The average molecular weight is 452 g/mol. The normalized spacial score (nSPS) is 11.9. The summed E-state index contributed by atoms with van der Waals surface area (Å²) in [6, 6.07) is 5.40. The molecule has 0 fully saturated rings. The highest BCUT2D eigenvalue weighted by Crippen LogP contribution is 2.08. The van der Waals surface area contributed by atoms with E-state index in [0.717, 1.165) is 38.6 Å². The molecule has 0 aromatic carbocycles. The standard InChI is InChI=1S/C17H32N4S.HI/c1-6-18-17(19-10-9-16-8-7-13-22-16)20-11-12-21(14(2)3)15(4)5;/h7-8,13-15H,6,9-12H2,1-5H3,(H2,18,19,20);1H. The lowest BCUT2D eigenvalue weighted by Crippen LogP contribution is -2.41. The Morgan fingerprint density at radius 3 is 2.43 bits per heavy atom. The van der Waals surface area contributed by atoms with E-state index in [0.29, 0.717) is 12.1 Å². The highest BCUT2D eigenvalue weighted by atomic mass is 127. The number of thiophene rings is 1. The third-order valence-electron chi connectivity index (χ3n) is 3.54. The van der Waals surface area contributed by atoms with Crippen molar-refractivity contribution in [2.75, 3.05) is 26.2 Å². The maximum Gasteiger partial charge on any atom is 0.191 e. The first kappa shape index (κ1) is 22.7. The summed E-state index contributed by atoms with van der Waals surface area (Å²) >= 11 is 1.81. The molecular formula is C17H33IN4S. The van der Waals surface area contributed by atoms with Gasteiger partial charge in [-0.1, -0.05) is 6.07 Å². The molecule has 0 saturated heterocycles. The first-order valence-corrected chi connectivity index (χ1v) is 9.22. The van der Waals surface area contributed by atoms with E-state index < -0.39 is 0 Å². The predicted octanol–water partition coefficient (Wildman–Crippen LogP) is 3.58. The molecule has 134 valence electrons. The highest BCUT2D eigenvalue weighted by molar-refractivity contribution is 14.0. The summed E-state index contributed by atoms with van der Waals surface area (Å²) in [5.74, 6) is 0.923. The molecule has 0 bridgehead atoms. The van der Waals surface area contributed by atoms with Gasteiger partial charge in [-0.2, -0.15) is 0 Å². The Morgan fingerprint density at radius 1 is 1.22 bits per heavy atom. The fraction of sp³-hybridized carbons (Fsp3) is 0.706. The van der Waals surface area contributed by atoms with E-state index in [9.17, 15) is 0 Å². The minimum absolute atomic E-state index is 0. The van der Waals surface area contributed by atoms with E-state index in [2.05, 4.69) is 67.7 Å². The summed E-state index contributed by atoms with van der Waals surface area (Å²) in [5.41, 5.74) is 0. The van der Waals surface area contributed by atoms with Gasteiger partial charge >= 0.3 is 0 Å². The van der Waals surface area contributed by atoms with Gasteiger partial charge in [-0.3, -0.25) is 9.89 Å². The lowest BCUT2D eigenvalue weighted by Gasteiger charge is -2.29. The Balaban J connectivity index is 0.00000484. The number of hydrogen-bond donors (Lipinski definition) is 2. The Bertz CT molecular complexity index is 410. The molecule has 0 amide bonds. The van der Waals surface area contributed by atoms with Crippen molar-refractivity contribution in [2.24, 2.45) is 4.99 Å². The van der Waals surface area contributed by atoms with Crippen LogP contribution in [0.15, 0.2) is 22.5 Å². The van der Waals surface area contributed by atoms with Gasteiger partial charge in [0.15, 0.2) is 5.96 Å². The zero-order valence-corrected chi connectivity index (χ0v) is 18.3. The summed E-state index contributed by atoms with van der Waals surface area (Å²) in [5, 5.41) is 8.86. The van der Waals surface area contributed by atoms with Crippen molar-refractivity contribution >= 4 is 41.3 Å². The molecule has 2 N–H and O–H groups in total. The van der Waals surface area contributed by atoms with E-state index in [1.807, 2.05) is 11.3 Å². The average Bonchev–Trinajstić information content (AvgIpc) is 2.95. The van der Waals surface area contributed by atoms with Crippen LogP contribution in [0.5, 0.6) is 0 Å². The van der Waals surface area contributed by atoms with Crippen LogP contribution in [0.2, 0.25) is 0 Å². The summed E-state index contributed by atoms with van der Waals surface area (Å²) in [4.78, 5) is 8.58. The van der Waals surface area contributed by atoms with Crippen LogP contribution in [0.1, 0.15) is 39.5 Å². The van der Waals surface area contributed by atoms with Crippen molar-refractivity contribution in [2.45, 2.75) is 53.1 Å². The first-order chi connectivity index (χ1) is 10.5.